The molecule has 0 spiro atoms. The zero-order valence-electron chi connectivity index (χ0n) is 11.3. The summed E-state index contributed by atoms with van der Waals surface area (Å²) in [5.74, 6) is -6.89. The molecule has 0 aliphatic carbocycles. The fraction of sp³-hybridized carbons (Fsp3) is 0. The van der Waals surface area contributed by atoms with Crippen molar-refractivity contribution in [2.24, 2.45) is 5.10 Å². The van der Waals surface area contributed by atoms with E-state index in [1.807, 2.05) is 5.43 Å². The third-order valence-corrected chi connectivity index (χ3v) is 2.84. The number of anilines is 1. The van der Waals surface area contributed by atoms with Crippen molar-refractivity contribution in [1.82, 2.24) is 15.0 Å². The van der Waals surface area contributed by atoms with E-state index in [1.165, 1.54) is 6.20 Å². The smallest absolute Gasteiger partial charge is 0.254 e. The first-order valence-corrected chi connectivity index (χ1v) is 6.27. The van der Waals surface area contributed by atoms with Gasteiger partial charge in [0.2, 0.25) is 11.6 Å². The van der Waals surface area contributed by atoms with Gasteiger partial charge in [-0.05, 0) is 12.1 Å². The lowest BCUT2D eigenvalue weighted by Crippen LogP contribution is -2.06. The molecule has 0 aliphatic rings. The minimum Gasteiger partial charge on any atom is -0.272 e. The first-order valence-electron chi connectivity index (χ1n) is 6.27. The molecule has 0 bridgehead atoms. The van der Waals surface area contributed by atoms with Gasteiger partial charge in [0, 0.05) is 0 Å². The van der Waals surface area contributed by atoms with E-state index in [-0.39, 0.29) is 5.69 Å². The molecule has 0 aliphatic heterocycles. The topological polar surface area (TPSA) is 63.1 Å². The lowest BCUT2D eigenvalue weighted by atomic mass is 10.3. The number of benzene rings is 1. The molecule has 0 radical (unpaired) electrons. The average Bonchev–Trinajstić information content (AvgIpc) is 2.56. The Hall–Kier alpha value is -3.10. The monoisotopic (exact) mass is 321 g/mol. The Bertz CT molecular complexity index is 887. The van der Waals surface area contributed by atoms with E-state index in [0.29, 0.717) is 11.0 Å². The molecular formula is C14H7F4N5. The summed E-state index contributed by atoms with van der Waals surface area (Å²) < 4.78 is 52.6. The molecule has 0 unspecified atom stereocenters. The molecule has 0 saturated heterocycles. The van der Waals surface area contributed by atoms with Crippen LogP contribution in [0.4, 0.5) is 23.2 Å². The molecule has 5 nitrogen and oxygen atoms in total. The number of halogens is 4. The first kappa shape index (κ1) is 14.8. The van der Waals surface area contributed by atoms with Gasteiger partial charge in [0.05, 0.1) is 23.4 Å². The molecule has 0 fully saturated rings. The van der Waals surface area contributed by atoms with Crippen LogP contribution in [0.25, 0.3) is 11.0 Å². The van der Waals surface area contributed by atoms with E-state index in [9.17, 15) is 17.6 Å². The van der Waals surface area contributed by atoms with Gasteiger partial charge in [-0.1, -0.05) is 12.1 Å². The minimum absolute atomic E-state index is 0.284. The number of aromatic nitrogens is 3. The van der Waals surface area contributed by atoms with Crippen molar-refractivity contribution in [2.45, 2.75) is 0 Å². The quantitative estimate of drug-likeness (QED) is 0.349. The van der Waals surface area contributed by atoms with Gasteiger partial charge in [0.25, 0.3) is 11.9 Å². The third-order valence-electron chi connectivity index (χ3n) is 2.84. The van der Waals surface area contributed by atoms with E-state index >= 15 is 0 Å². The van der Waals surface area contributed by atoms with Crippen LogP contribution in [-0.4, -0.2) is 21.2 Å². The summed E-state index contributed by atoms with van der Waals surface area (Å²) in [6.07, 6.45) is 2.49. The molecule has 2 aromatic heterocycles. The Morgan fingerprint density at radius 2 is 1.57 bits per heavy atom. The highest BCUT2D eigenvalue weighted by Gasteiger charge is 2.20. The van der Waals surface area contributed by atoms with Crippen LogP contribution in [0.1, 0.15) is 5.69 Å². The number of nitrogens with zero attached hydrogens (tertiary/aromatic N) is 4. The SMILES string of the molecule is Fc1nc(F)c(F)c(N/N=C\c2cnc3ccccc3n2)c1F. The molecule has 2 heterocycles. The summed E-state index contributed by atoms with van der Waals surface area (Å²) in [5, 5.41) is 3.50. The maximum atomic E-state index is 13.4. The Labute approximate surface area is 126 Å². The van der Waals surface area contributed by atoms with E-state index < -0.39 is 29.2 Å². The van der Waals surface area contributed by atoms with Crippen molar-refractivity contribution in [1.29, 1.82) is 0 Å². The summed E-state index contributed by atoms with van der Waals surface area (Å²) >= 11 is 0. The second-order valence-corrected chi connectivity index (χ2v) is 4.35. The molecule has 3 aromatic rings. The Morgan fingerprint density at radius 3 is 2.26 bits per heavy atom. The summed E-state index contributed by atoms with van der Waals surface area (Å²) in [6, 6.07) is 7.04. The van der Waals surface area contributed by atoms with E-state index in [0.717, 1.165) is 6.21 Å². The van der Waals surface area contributed by atoms with E-state index in [2.05, 4.69) is 20.1 Å². The highest BCUT2D eigenvalue weighted by Crippen LogP contribution is 2.21. The average molecular weight is 321 g/mol. The Kier molecular flexibility index (Phi) is 3.83. The number of pyridine rings is 1. The van der Waals surface area contributed by atoms with Crippen molar-refractivity contribution in [3.8, 4) is 0 Å². The van der Waals surface area contributed by atoms with Crippen LogP contribution in [0.5, 0.6) is 0 Å². The number of hydrogen-bond donors (Lipinski definition) is 1. The van der Waals surface area contributed by atoms with Gasteiger partial charge in [-0.3, -0.25) is 10.4 Å². The van der Waals surface area contributed by atoms with Crippen LogP contribution in [0.3, 0.4) is 0 Å². The maximum Gasteiger partial charge on any atom is 0.254 e. The molecule has 1 N–H and O–H groups in total. The minimum atomic E-state index is -1.77. The predicted molar refractivity (Wildman–Crippen MR) is 74.8 cm³/mol. The molecule has 1 aromatic carbocycles. The molecule has 0 atom stereocenters. The van der Waals surface area contributed by atoms with Crippen molar-refractivity contribution in [2.75, 3.05) is 5.43 Å². The van der Waals surface area contributed by atoms with E-state index in [1.54, 1.807) is 24.3 Å². The number of hydrazone groups is 1. The fourth-order valence-electron chi connectivity index (χ4n) is 1.78. The van der Waals surface area contributed by atoms with Crippen molar-refractivity contribution in [3.05, 3.63) is 59.7 Å². The van der Waals surface area contributed by atoms with Gasteiger partial charge >= 0.3 is 0 Å². The summed E-state index contributed by atoms with van der Waals surface area (Å²) in [7, 11) is 0. The van der Waals surface area contributed by atoms with Gasteiger partial charge in [-0.15, -0.1) is 0 Å². The molecular weight excluding hydrogens is 314 g/mol. The van der Waals surface area contributed by atoms with Gasteiger partial charge in [-0.25, -0.2) is 4.98 Å². The number of nitrogens with one attached hydrogen (secondary N) is 1. The van der Waals surface area contributed by atoms with Gasteiger partial charge in [-0.2, -0.15) is 27.6 Å². The lowest BCUT2D eigenvalue weighted by Gasteiger charge is -2.04. The number of para-hydroxylation sites is 2. The molecule has 116 valence electrons. The van der Waals surface area contributed by atoms with Gasteiger partial charge < -0.3 is 0 Å². The van der Waals surface area contributed by atoms with Crippen LogP contribution in [0.2, 0.25) is 0 Å². The highest BCUT2D eigenvalue weighted by molar-refractivity contribution is 5.82. The highest BCUT2D eigenvalue weighted by atomic mass is 19.2. The number of hydrogen-bond acceptors (Lipinski definition) is 5. The van der Waals surface area contributed by atoms with Crippen LogP contribution >= 0.6 is 0 Å². The number of fused-ring (bicyclic) bond motifs is 1. The predicted octanol–water partition coefficient (Wildman–Crippen LogP) is 3.03. The molecule has 3 rings (SSSR count). The van der Waals surface area contributed by atoms with Crippen LogP contribution in [0, 0.1) is 23.5 Å². The molecule has 9 heteroatoms. The van der Waals surface area contributed by atoms with Crippen molar-refractivity contribution >= 4 is 22.9 Å². The summed E-state index contributed by atoms with van der Waals surface area (Å²) in [4.78, 5) is 10.7. The van der Waals surface area contributed by atoms with E-state index in [4.69, 9.17) is 0 Å². The molecule has 0 saturated carbocycles. The summed E-state index contributed by atoms with van der Waals surface area (Å²) in [5.41, 5.74) is 2.34. The maximum absolute atomic E-state index is 13.4. The normalized spacial score (nSPS) is 11.3. The van der Waals surface area contributed by atoms with Crippen LogP contribution in [0.15, 0.2) is 35.6 Å². The lowest BCUT2D eigenvalue weighted by molar-refractivity contribution is 0.411. The Balaban J connectivity index is 1.86. The Morgan fingerprint density at radius 1 is 0.913 bits per heavy atom. The second-order valence-electron chi connectivity index (χ2n) is 4.35. The zero-order valence-corrected chi connectivity index (χ0v) is 11.3. The van der Waals surface area contributed by atoms with Crippen molar-refractivity contribution < 1.29 is 17.6 Å². The zero-order chi connectivity index (χ0) is 16.4. The van der Waals surface area contributed by atoms with Gasteiger partial charge in [0.15, 0.2) is 0 Å². The molecule has 23 heavy (non-hydrogen) atoms. The molecule has 0 amide bonds. The van der Waals surface area contributed by atoms with Crippen LogP contribution in [-0.2, 0) is 0 Å². The first-order chi connectivity index (χ1) is 11.1. The third kappa shape index (κ3) is 2.93. The number of rotatable bonds is 3. The largest absolute Gasteiger partial charge is 0.272 e. The fourth-order valence-corrected chi connectivity index (χ4v) is 1.78. The summed E-state index contributed by atoms with van der Waals surface area (Å²) in [6.45, 7) is 0. The standard InChI is InChI=1S/C14H7F4N5/c15-10-12(11(16)14(18)22-13(10)17)23-20-6-7-5-19-8-3-1-2-4-9(8)21-7/h1-6H,(H,22,23)/b20-6-. The second kappa shape index (κ2) is 5.95. The van der Waals surface area contributed by atoms with Gasteiger partial charge in [0.1, 0.15) is 11.4 Å². The van der Waals surface area contributed by atoms with Crippen molar-refractivity contribution in [3.63, 3.8) is 0 Å². The van der Waals surface area contributed by atoms with Crippen LogP contribution < -0.4 is 5.43 Å².